The van der Waals surface area contributed by atoms with E-state index in [-0.39, 0.29) is 51.2 Å². The minimum atomic E-state index is -0.469. The van der Waals surface area contributed by atoms with Gasteiger partial charge in [0.15, 0.2) is 0 Å². The molecule has 0 fully saturated rings. The maximum Gasteiger partial charge on any atom is 0.143 e. The summed E-state index contributed by atoms with van der Waals surface area (Å²) in [5.41, 5.74) is 8.51. The molecule has 7 aromatic carbocycles. The molecule has 1 aliphatic carbocycles. The standard InChI is InChI=1S/C45H31NO2/c1-45(2)35-19-8-6-15-31(35)32-26-25-29(27-36(32)45)46(37-20-11-23-40-42(37)33-16-7-9-22-39(33)47-40)38-21-12-24-41-43(38)34-18-10-17-30(44(34)48-41)28-13-4-3-5-14-28/h3-27H,1-2H3/i7D,9D,11D,16D,20D,22D,23D. The van der Waals surface area contributed by atoms with E-state index in [0.29, 0.717) is 22.5 Å². The van der Waals surface area contributed by atoms with Gasteiger partial charge in [-0.05, 0) is 70.2 Å². The topological polar surface area (TPSA) is 29.5 Å². The summed E-state index contributed by atoms with van der Waals surface area (Å²) in [7, 11) is 0. The van der Waals surface area contributed by atoms with E-state index >= 15 is 0 Å². The van der Waals surface area contributed by atoms with Gasteiger partial charge >= 0.3 is 0 Å². The van der Waals surface area contributed by atoms with Crippen molar-refractivity contribution in [3.05, 3.63) is 163 Å². The number of hydrogen-bond donors (Lipinski definition) is 0. The average molecular weight is 625 g/mol. The lowest BCUT2D eigenvalue weighted by atomic mass is 9.82. The predicted octanol–water partition coefficient (Wildman–Crippen LogP) is 12.9. The lowest BCUT2D eigenvalue weighted by Gasteiger charge is -2.29. The molecule has 2 heterocycles. The van der Waals surface area contributed by atoms with Crippen molar-refractivity contribution in [2.24, 2.45) is 0 Å². The summed E-state index contributed by atoms with van der Waals surface area (Å²) >= 11 is 0. The van der Waals surface area contributed by atoms with Crippen molar-refractivity contribution in [2.75, 3.05) is 4.90 Å². The summed E-state index contributed by atoms with van der Waals surface area (Å²) in [6.07, 6.45) is 0. The largest absolute Gasteiger partial charge is 0.456 e. The minimum Gasteiger partial charge on any atom is -0.456 e. The fourth-order valence-corrected chi connectivity index (χ4v) is 7.59. The monoisotopic (exact) mass is 624 g/mol. The Bertz CT molecular complexity index is 3110. The Morgan fingerprint density at radius 3 is 2.21 bits per heavy atom. The number of benzene rings is 7. The van der Waals surface area contributed by atoms with Crippen LogP contribution in [0.4, 0.5) is 17.1 Å². The maximum atomic E-state index is 9.59. The molecular formula is C45H31NO2. The fraction of sp³-hybridized carbons (Fsp3) is 0.0667. The van der Waals surface area contributed by atoms with Crippen LogP contribution in [0.5, 0.6) is 0 Å². The lowest BCUT2D eigenvalue weighted by molar-refractivity contribution is 0.660. The SMILES string of the molecule is [2H]c1c([2H])c([2H])c2c(oc3c([2H])c([2H])c([2H])c(N(c4ccc5c(c4)C(C)(C)c4ccccc4-5)c4cccc5oc6c(-c7ccccc7)cccc6c45)c32)c1[2H]. The van der Waals surface area contributed by atoms with Crippen molar-refractivity contribution < 1.29 is 18.4 Å². The van der Waals surface area contributed by atoms with E-state index in [2.05, 4.69) is 38.1 Å². The summed E-state index contributed by atoms with van der Waals surface area (Å²) in [6, 6.07) is 33.5. The van der Waals surface area contributed by atoms with Gasteiger partial charge in [0.25, 0.3) is 0 Å². The number of hydrogen-bond acceptors (Lipinski definition) is 3. The number of fused-ring (bicyclic) bond motifs is 9. The van der Waals surface area contributed by atoms with Crippen LogP contribution in [-0.2, 0) is 5.41 Å². The molecule has 0 saturated carbocycles. The average Bonchev–Trinajstić information content (AvgIpc) is 3.86. The molecule has 9 aromatic rings. The van der Waals surface area contributed by atoms with Gasteiger partial charge in [-0.2, -0.15) is 0 Å². The van der Waals surface area contributed by atoms with Gasteiger partial charge in [-0.3, -0.25) is 0 Å². The van der Waals surface area contributed by atoms with Gasteiger partial charge in [-0.25, -0.2) is 0 Å². The second kappa shape index (κ2) is 9.97. The summed E-state index contributed by atoms with van der Waals surface area (Å²) < 4.78 is 75.2. The molecule has 0 N–H and O–H groups in total. The lowest BCUT2D eigenvalue weighted by Crippen LogP contribution is -2.16. The van der Waals surface area contributed by atoms with Gasteiger partial charge in [0.05, 0.1) is 31.7 Å². The number of nitrogens with zero attached hydrogens (tertiary/aromatic N) is 1. The smallest absolute Gasteiger partial charge is 0.143 e. The molecule has 3 nitrogen and oxygen atoms in total. The molecule has 228 valence electrons. The summed E-state index contributed by atoms with van der Waals surface area (Å²) in [6.45, 7) is 4.37. The normalized spacial score (nSPS) is 15.4. The van der Waals surface area contributed by atoms with Crippen LogP contribution < -0.4 is 4.90 Å². The molecule has 0 radical (unpaired) electrons. The Morgan fingerprint density at radius 1 is 0.542 bits per heavy atom. The number of para-hydroxylation sites is 2. The second-order valence-corrected chi connectivity index (χ2v) is 12.8. The van der Waals surface area contributed by atoms with Crippen LogP contribution in [0.3, 0.4) is 0 Å². The second-order valence-electron chi connectivity index (χ2n) is 12.8. The Morgan fingerprint density at radius 2 is 1.29 bits per heavy atom. The van der Waals surface area contributed by atoms with Gasteiger partial charge in [0.2, 0.25) is 0 Å². The highest BCUT2D eigenvalue weighted by Crippen LogP contribution is 2.52. The number of furan rings is 2. The molecule has 0 aliphatic heterocycles. The van der Waals surface area contributed by atoms with Crippen LogP contribution in [-0.4, -0.2) is 0 Å². The molecule has 48 heavy (non-hydrogen) atoms. The first-order chi connectivity index (χ1) is 26.5. The third-order valence-corrected chi connectivity index (χ3v) is 9.80. The molecule has 3 heteroatoms. The van der Waals surface area contributed by atoms with Gasteiger partial charge in [-0.1, -0.05) is 123 Å². The van der Waals surface area contributed by atoms with E-state index in [9.17, 15) is 1.37 Å². The molecular weight excluding hydrogens is 587 g/mol. The third kappa shape index (κ3) is 3.76. The van der Waals surface area contributed by atoms with Crippen molar-refractivity contribution in [3.8, 4) is 22.3 Å². The van der Waals surface area contributed by atoms with Crippen molar-refractivity contribution in [2.45, 2.75) is 19.3 Å². The van der Waals surface area contributed by atoms with Gasteiger partial charge in [0.1, 0.15) is 22.3 Å². The van der Waals surface area contributed by atoms with Crippen LogP contribution >= 0.6 is 0 Å². The van der Waals surface area contributed by atoms with Gasteiger partial charge in [-0.15, -0.1) is 0 Å². The zero-order chi connectivity index (χ0) is 38.1. The zero-order valence-corrected chi connectivity index (χ0v) is 26.2. The fourth-order valence-electron chi connectivity index (χ4n) is 7.59. The molecule has 0 spiro atoms. The van der Waals surface area contributed by atoms with Crippen molar-refractivity contribution in [3.63, 3.8) is 0 Å². The molecule has 1 aliphatic rings. The van der Waals surface area contributed by atoms with Crippen LogP contribution in [0.1, 0.15) is 34.6 Å². The predicted molar refractivity (Wildman–Crippen MR) is 199 cm³/mol. The molecule has 0 bridgehead atoms. The first-order valence-corrected chi connectivity index (χ1v) is 16.0. The van der Waals surface area contributed by atoms with E-state index in [1.165, 1.54) is 5.56 Å². The van der Waals surface area contributed by atoms with Crippen LogP contribution in [0.2, 0.25) is 0 Å². The number of rotatable bonds is 4. The highest BCUT2D eigenvalue weighted by Gasteiger charge is 2.36. The molecule has 0 saturated heterocycles. The third-order valence-electron chi connectivity index (χ3n) is 9.80. The van der Waals surface area contributed by atoms with Crippen LogP contribution in [0.25, 0.3) is 66.1 Å². The highest BCUT2D eigenvalue weighted by molar-refractivity contribution is 6.19. The molecule has 0 unspecified atom stereocenters. The van der Waals surface area contributed by atoms with Gasteiger partial charge in [0, 0.05) is 27.4 Å². The van der Waals surface area contributed by atoms with E-state index < -0.39 is 24.2 Å². The van der Waals surface area contributed by atoms with Gasteiger partial charge < -0.3 is 13.7 Å². The molecule has 0 atom stereocenters. The van der Waals surface area contributed by atoms with Crippen molar-refractivity contribution in [1.29, 1.82) is 0 Å². The summed E-state index contributed by atoms with van der Waals surface area (Å²) in [4.78, 5) is 1.88. The quantitative estimate of drug-likeness (QED) is 0.195. The van der Waals surface area contributed by atoms with Crippen molar-refractivity contribution >= 4 is 60.9 Å². The first kappa shape index (κ1) is 20.9. The van der Waals surface area contributed by atoms with E-state index in [1.54, 1.807) is 0 Å². The minimum absolute atomic E-state index is 0.0486. The van der Waals surface area contributed by atoms with E-state index in [0.717, 1.165) is 38.6 Å². The summed E-state index contributed by atoms with van der Waals surface area (Å²) in [5.74, 6) is 0. The Balaban J connectivity index is 1.37. The zero-order valence-electron chi connectivity index (χ0n) is 33.2. The highest BCUT2D eigenvalue weighted by atomic mass is 16.3. The number of anilines is 3. The van der Waals surface area contributed by atoms with Crippen LogP contribution in [0.15, 0.2) is 160 Å². The molecule has 2 aromatic heterocycles. The molecule has 10 rings (SSSR count). The first-order valence-electron chi connectivity index (χ1n) is 19.5. The summed E-state index contributed by atoms with van der Waals surface area (Å²) in [5, 5.41) is 1.79. The Kier molecular flexibility index (Phi) is 4.35. The van der Waals surface area contributed by atoms with Crippen LogP contribution in [0, 0.1) is 0 Å². The molecule has 0 amide bonds. The Labute approximate surface area is 288 Å². The Hall–Kier alpha value is -6.06. The van der Waals surface area contributed by atoms with E-state index in [4.69, 9.17) is 17.1 Å². The van der Waals surface area contributed by atoms with E-state index in [1.807, 2.05) is 89.8 Å². The maximum absolute atomic E-state index is 9.59. The van der Waals surface area contributed by atoms with Crippen molar-refractivity contribution in [1.82, 2.24) is 0 Å².